The largest absolute Gasteiger partial charge is 0.513 e. The molecule has 3 aromatic carbocycles. The Bertz CT molecular complexity index is 858. The topological polar surface area (TPSA) is 35.5 Å². The van der Waals surface area contributed by atoms with E-state index in [1.807, 2.05) is 31.2 Å². The van der Waals surface area contributed by atoms with E-state index in [1.165, 1.54) is 6.07 Å². The van der Waals surface area contributed by atoms with Crippen molar-refractivity contribution >= 4 is 27.7 Å². The third-order valence-electron chi connectivity index (χ3n) is 3.71. The first-order chi connectivity index (χ1) is 11.2. The minimum atomic E-state index is -0.764. The van der Waals surface area contributed by atoms with Crippen LogP contribution in [0.2, 0.25) is 0 Å². The summed E-state index contributed by atoms with van der Waals surface area (Å²) in [6.45, 7) is 2.32. The predicted octanol–water partition coefficient (Wildman–Crippen LogP) is 5.45. The van der Waals surface area contributed by atoms with Gasteiger partial charge in [-0.15, -0.1) is 0 Å². The van der Waals surface area contributed by atoms with E-state index in [9.17, 15) is 9.18 Å². The molecule has 0 saturated carbocycles. The number of unbranched alkanes of at least 4 members (excludes halogenated alkanes) is 1. The molecule has 0 fully saturated rings. The van der Waals surface area contributed by atoms with Crippen LogP contribution in [0.1, 0.15) is 19.8 Å². The van der Waals surface area contributed by atoms with Gasteiger partial charge in [0, 0.05) is 16.2 Å². The predicted molar refractivity (Wildman–Crippen MR) is 88.3 cm³/mol. The Kier molecular flexibility index (Phi) is 4.42. The number of hydrogen-bond acceptors (Lipinski definition) is 3. The van der Waals surface area contributed by atoms with Gasteiger partial charge in [-0.3, -0.25) is 0 Å². The highest BCUT2D eigenvalue weighted by Crippen LogP contribution is 2.36. The van der Waals surface area contributed by atoms with Gasteiger partial charge in [0.2, 0.25) is 0 Å². The van der Waals surface area contributed by atoms with Crippen LogP contribution in [0.5, 0.6) is 5.75 Å². The van der Waals surface area contributed by atoms with Crippen molar-refractivity contribution in [3.05, 3.63) is 54.3 Å². The molecule has 0 heterocycles. The van der Waals surface area contributed by atoms with Crippen molar-refractivity contribution in [1.29, 1.82) is 0 Å². The molecule has 0 unspecified atom stereocenters. The lowest BCUT2D eigenvalue weighted by Crippen LogP contribution is -2.12. The van der Waals surface area contributed by atoms with Gasteiger partial charge < -0.3 is 9.47 Å². The molecule has 0 bridgehead atoms. The molecule has 0 aliphatic carbocycles. The minimum Gasteiger partial charge on any atom is -0.434 e. The van der Waals surface area contributed by atoms with Crippen LogP contribution in [0.25, 0.3) is 21.5 Å². The molecule has 0 N–H and O–H groups in total. The average molecular weight is 312 g/mol. The van der Waals surface area contributed by atoms with E-state index in [0.29, 0.717) is 23.1 Å². The molecule has 4 heteroatoms. The summed E-state index contributed by atoms with van der Waals surface area (Å²) >= 11 is 0. The molecule has 0 spiro atoms. The molecule has 3 nitrogen and oxygen atoms in total. The van der Waals surface area contributed by atoms with Crippen LogP contribution < -0.4 is 4.74 Å². The Morgan fingerprint density at radius 2 is 1.83 bits per heavy atom. The van der Waals surface area contributed by atoms with Crippen molar-refractivity contribution in [3.8, 4) is 5.75 Å². The summed E-state index contributed by atoms with van der Waals surface area (Å²) < 4.78 is 24.6. The summed E-state index contributed by atoms with van der Waals surface area (Å²) in [6, 6.07) is 13.9. The van der Waals surface area contributed by atoms with Crippen molar-refractivity contribution in [3.63, 3.8) is 0 Å². The molecule has 0 atom stereocenters. The van der Waals surface area contributed by atoms with E-state index in [2.05, 4.69) is 0 Å². The van der Waals surface area contributed by atoms with Gasteiger partial charge in [0.05, 0.1) is 6.61 Å². The third kappa shape index (κ3) is 3.11. The van der Waals surface area contributed by atoms with Crippen LogP contribution in [0.4, 0.5) is 9.18 Å². The maximum absolute atomic E-state index is 14.1. The molecule has 0 aromatic heterocycles. The second-order valence-corrected chi connectivity index (χ2v) is 5.32. The second kappa shape index (κ2) is 6.65. The quantitative estimate of drug-likeness (QED) is 0.278. The first kappa shape index (κ1) is 15.3. The van der Waals surface area contributed by atoms with Gasteiger partial charge in [-0.2, -0.15) is 0 Å². The Morgan fingerprint density at radius 1 is 1.04 bits per heavy atom. The lowest BCUT2D eigenvalue weighted by atomic mass is 10.0. The number of fused-ring (bicyclic) bond motifs is 2. The summed E-state index contributed by atoms with van der Waals surface area (Å²) in [5.74, 6) is -0.0171. The van der Waals surface area contributed by atoms with E-state index >= 15 is 0 Å². The lowest BCUT2D eigenvalue weighted by Gasteiger charge is -2.12. The van der Waals surface area contributed by atoms with Gasteiger partial charge in [-0.1, -0.05) is 49.7 Å². The van der Waals surface area contributed by atoms with Crippen LogP contribution in [0.3, 0.4) is 0 Å². The van der Waals surface area contributed by atoms with E-state index in [0.717, 1.165) is 23.6 Å². The Labute approximate surface area is 133 Å². The SMILES string of the molecule is CCCCOC(=O)Oc1c2ccccc2cc2c(F)cccc12. The highest BCUT2D eigenvalue weighted by atomic mass is 19.1. The van der Waals surface area contributed by atoms with Crippen molar-refractivity contribution in [1.82, 2.24) is 0 Å². The number of carbonyl (C=O) groups excluding carboxylic acids is 1. The van der Waals surface area contributed by atoms with Crippen molar-refractivity contribution in [2.75, 3.05) is 6.61 Å². The zero-order valence-corrected chi connectivity index (χ0v) is 12.8. The maximum atomic E-state index is 14.1. The van der Waals surface area contributed by atoms with Crippen molar-refractivity contribution < 1.29 is 18.7 Å². The minimum absolute atomic E-state index is 0.312. The van der Waals surface area contributed by atoms with E-state index in [1.54, 1.807) is 18.2 Å². The van der Waals surface area contributed by atoms with Crippen LogP contribution in [0, 0.1) is 5.82 Å². The smallest absolute Gasteiger partial charge is 0.434 e. The molecule has 0 aliphatic rings. The fourth-order valence-electron chi connectivity index (χ4n) is 2.53. The summed E-state index contributed by atoms with van der Waals surface area (Å²) in [5, 5.41) is 2.53. The number of rotatable bonds is 4. The molecule has 0 saturated heterocycles. The number of carbonyl (C=O) groups is 1. The fourth-order valence-corrected chi connectivity index (χ4v) is 2.53. The second-order valence-electron chi connectivity index (χ2n) is 5.32. The monoisotopic (exact) mass is 312 g/mol. The first-order valence-electron chi connectivity index (χ1n) is 7.65. The average Bonchev–Trinajstić information content (AvgIpc) is 2.56. The Morgan fingerprint density at radius 3 is 2.65 bits per heavy atom. The summed E-state index contributed by atoms with van der Waals surface area (Å²) in [7, 11) is 0. The zero-order chi connectivity index (χ0) is 16.2. The van der Waals surface area contributed by atoms with Crippen LogP contribution in [0.15, 0.2) is 48.5 Å². The molecule has 0 aliphatic heterocycles. The summed E-state index contributed by atoms with van der Waals surface area (Å²) in [6.07, 6.45) is 0.941. The summed E-state index contributed by atoms with van der Waals surface area (Å²) in [5.41, 5.74) is 0. The van der Waals surface area contributed by atoms with Gasteiger partial charge >= 0.3 is 6.16 Å². The standard InChI is InChI=1S/C19H17FO3/c1-2-3-11-22-19(21)23-18-14-8-5-4-7-13(14)12-16-15(18)9-6-10-17(16)20/h4-10,12H,2-3,11H2,1H3. The summed E-state index contributed by atoms with van der Waals surface area (Å²) in [4.78, 5) is 11.9. The highest BCUT2D eigenvalue weighted by molar-refractivity contribution is 6.06. The Hall–Kier alpha value is -2.62. The maximum Gasteiger partial charge on any atom is 0.513 e. The molecule has 3 rings (SSSR count). The zero-order valence-electron chi connectivity index (χ0n) is 12.8. The molecule has 0 amide bonds. The third-order valence-corrected chi connectivity index (χ3v) is 3.71. The van der Waals surface area contributed by atoms with Crippen molar-refractivity contribution in [2.45, 2.75) is 19.8 Å². The molecule has 23 heavy (non-hydrogen) atoms. The van der Waals surface area contributed by atoms with E-state index < -0.39 is 6.16 Å². The Balaban J connectivity index is 2.08. The van der Waals surface area contributed by atoms with Gasteiger partial charge in [-0.05, 0) is 23.9 Å². The van der Waals surface area contributed by atoms with Gasteiger partial charge in [0.1, 0.15) is 11.6 Å². The van der Waals surface area contributed by atoms with Crippen molar-refractivity contribution in [2.24, 2.45) is 0 Å². The molecule has 3 aromatic rings. The number of hydrogen-bond donors (Lipinski definition) is 0. The molecule has 0 radical (unpaired) electrons. The van der Waals surface area contributed by atoms with Gasteiger partial charge in [0.15, 0.2) is 0 Å². The normalized spacial score (nSPS) is 10.9. The van der Waals surface area contributed by atoms with Crippen LogP contribution >= 0.6 is 0 Å². The molecule has 118 valence electrons. The lowest BCUT2D eigenvalue weighted by molar-refractivity contribution is 0.0988. The highest BCUT2D eigenvalue weighted by Gasteiger charge is 2.15. The first-order valence-corrected chi connectivity index (χ1v) is 7.65. The van der Waals surface area contributed by atoms with E-state index in [-0.39, 0.29) is 5.82 Å². The van der Waals surface area contributed by atoms with Crippen LogP contribution in [-0.2, 0) is 4.74 Å². The number of halogens is 1. The molecular weight excluding hydrogens is 295 g/mol. The van der Waals surface area contributed by atoms with Gasteiger partial charge in [-0.25, -0.2) is 9.18 Å². The molecular formula is C19H17FO3. The van der Waals surface area contributed by atoms with Crippen LogP contribution in [-0.4, -0.2) is 12.8 Å². The number of ether oxygens (including phenoxy) is 2. The van der Waals surface area contributed by atoms with Gasteiger partial charge in [0.25, 0.3) is 0 Å². The fraction of sp³-hybridized carbons (Fsp3) is 0.211. The van der Waals surface area contributed by atoms with E-state index in [4.69, 9.17) is 9.47 Å². The number of benzene rings is 3.